The predicted octanol–water partition coefficient (Wildman–Crippen LogP) is 4.70. The van der Waals surface area contributed by atoms with Crippen LogP contribution in [0.1, 0.15) is 37.8 Å². The lowest BCUT2D eigenvalue weighted by Gasteiger charge is -2.16. The Morgan fingerprint density at radius 1 is 1.38 bits per heavy atom. The molecule has 2 heteroatoms. The number of ether oxygens (including phenoxy) is 1. The average molecular weight is 285 g/mol. The molecule has 0 fully saturated rings. The molecule has 0 aliphatic rings. The summed E-state index contributed by atoms with van der Waals surface area (Å²) in [5, 5.41) is 0.853. The Kier molecular flexibility index (Phi) is 5.89. The number of benzene rings is 1. The summed E-state index contributed by atoms with van der Waals surface area (Å²) in [6.07, 6.45) is 2.46. The van der Waals surface area contributed by atoms with E-state index >= 15 is 0 Å². The lowest BCUT2D eigenvalue weighted by atomic mass is 10.1. The molecule has 0 spiro atoms. The van der Waals surface area contributed by atoms with Crippen LogP contribution in [-0.2, 0) is 5.33 Å². The molecule has 1 unspecified atom stereocenters. The summed E-state index contributed by atoms with van der Waals surface area (Å²) < 4.78 is 5.94. The maximum absolute atomic E-state index is 5.94. The standard InChI is InChI=1S/C14H21BrO/c1-4-6-11(2)10-16-14-12(3)7-5-8-13(14)9-15/h5,7-8,11H,4,6,9-10H2,1-3H3. The van der Waals surface area contributed by atoms with Gasteiger partial charge in [-0.15, -0.1) is 0 Å². The maximum Gasteiger partial charge on any atom is 0.126 e. The number of hydrogen-bond acceptors (Lipinski definition) is 1. The smallest absolute Gasteiger partial charge is 0.126 e. The maximum atomic E-state index is 5.94. The Labute approximate surface area is 107 Å². The van der Waals surface area contributed by atoms with Gasteiger partial charge in [0.2, 0.25) is 0 Å². The molecular formula is C14H21BrO. The first kappa shape index (κ1) is 13.6. The highest BCUT2D eigenvalue weighted by atomic mass is 79.9. The second-order valence-electron chi connectivity index (χ2n) is 4.40. The van der Waals surface area contributed by atoms with E-state index in [0.29, 0.717) is 5.92 Å². The van der Waals surface area contributed by atoms with E-state index < -0.39 is 0 Å². The molecule has 0 amide bonds. The lowest BCUT2D eigenvalue weighted by Crippen LogP contribution is -2.09. The van der Waals surface area contributed by atoms with Crippen LogP contribution >= 0.6 is 15.9 Å². The van der Waals surface area contributed by atoms with Crippen LogP contribution in [0.3, 0.4) is 0 Å². The molecule has 0 aliphatic heterocycles. The molecule has 0 radical (unpaired) electrons. The predicted molar refractivity (Wildman–Crippen MR) is 73.4 cm³/mol. The van der Waals surface area contributed by atoms with Gasteiger partial charge in [-0.25, -0.2) is 0 Å². The number of para-hydroxylation sites is 1. The van der Waals surface area contributed by atoms with Gasteiger partial charge >= 0.3 is 0 Å². The van der Waals surface area contributed by atoms with Gasteiger partial charge in [-0.3, -0.25) is 0 Å². The van der Waals surface area contributed by atoms with E-state index in [9.17, 15) is 0 Å². The van der Waals surface area contributed by atoms with E-state index in [4.69, 9.17) is 4.74 Å². The van der Waals surface area contributed by atoms with Crippen molar-refractivity contribution in [3.05, 3.63) is 29.3 Å². The highest BCUT2D eigenvalue weighted by molar-refractivity contribution is 9.08. The van der Waals surface area contributed by atoms with Crippen molar-refractivity contribution < 1.29 is 4.74 Å². The van der Waals surface area contributed by atoms with Crippen molar-refractivity contribution in [1.82, 2.24) is 0 Å². The normalized spacial score (nSPS) is 12.5. The Morgan fingerprint density at radius 2 is 2.12 bits per heavy atom. The third-order valence-electron chi connectivity index (χ3n) is 2.73. The van der Waals surface area contributed by atoms with Crippen molar-refractivity contribution in [2.75, 3.05) is 6.61 Å². The third kappa shape index (κ3) is 3.82. The molecule has 0 saturated heterocycles. The summed E-state index contributed by atoms with van der Waals surface area (Å²) >= 11 is 3.50. The van der Waals surface area contributed by atoms with Crippen LogP contribution < -0.4 is 4.74 Å². The summed E-state index contributed by atoms with van der Waals surface area (Å²) in [6, 6.07) is 6.29. The van der Waals surface area contributed by atoms with Crippen LogP contribution in [0.2, 0.25) is 0 Å². The van der Waals surface area contributed by atoms with E-state index in [2.05, 4.69) is 54.9 Å². The monoisotopic (exact) mass is 284 g/mol. The second kappa shape index (κ2) is 6.95. The molecule has 0 bridgehead atoms. The molecule has 1 atom stereocenters. The van der Waals surface area contributed by atoms with Crippen LogP contribution in [0.25, 0.3) is 0 Å². The summed E-state index contributed by atoms with van der Waals surface area (Å²) in [7, 11) is 0. The van der Waals surface area contributed by atoms with Gasteiger partial charge < -0.3 is 4.74 Å². The SMILES string of the molecule is CCCC(C)COc1c(C)cccc1CBr. The first-order valence-electron chi connectivity index (χ1n) is 5.96. The topological polar surface area (TPSA) is 9.23 Å². The van der Waals surface area contributed by atoms with Gasteiger partial charge in [0.1, 0.15) is 5.75 Å². The minimum atomic E-state index is 0.632. The molecule has 0 aliphatic carbocycles. The van der Waals surface area contributed by atoms with E-state index in [-0.39, 0.29) is 0 Å². The van der Waals surface area contributed by atoms with E-state index in [1.54, 1.807) is 0 Å². The molecule has 0 aromatic heterocycles. The molecular weight excluding hydrogens is 264 g/mol. The Hall–Kier alpha value is -0.500. The van der Waals surface area contributed by atoms with Gasteiger partial charge in [0.15, 0.2) is 0 Å². The molecule has 0 N–H and O–H groups in total. The molecule has 1 aromatic carbocycles. The Balaban J connectivity index is 2.65. The highest BCUT2D eigenvalue weighted by Gasteiger charge is 2.08. The Morgan fingerprint density at radius 3 is 2.75 bits per heavy atom. The second-order valence-corrected chi connectivity index (χ2v) is 4.96. The van der Waals surface area contributed by atoms with Crippen molar-refractivity contribution in [3.63, 3.8) is 0 Å². The Bertz CT molecular complexity index is 323. The van der Waals surface area contributed by atoms with Crippen molar-refractivity contribution in [2.45, 2.75) is 38.9 Å². The van der Waals surface area contributed by atoms with Crippen LogP contribution in [0.5, 0.6) is 5.75 Å². The average Bonchev–Trinajstić information content (AvgIpc) is 2.27. The van der Waals surface area contributed by atoms with Crippen LogP contribution in [0, 0.1) is 12.8 Å². The fourth-order valence-corrected chi connectivity index (χ4v) is 2.27. The quantitative estimate of drug-likeness (QED) is 0.688. The van der Waals surface area contributed by atoms with Crippen LogP contribution in [-0.4, -0.2) is 6.61 Å². The summed E-state index contributed by atoms with van der Waals surface area (Å²) in [6.45, 7) is 7.38. The zero-order valence-corrected chi connectivity index (χ0v) is 12.0. The van der Waals surface area contributed by atoms with Crippen molar-refractivity contribution >= 4 is 15.9 Å². The van der Waals surface area contributed by atoms with E-state index in [0.717, 1.165) is 17.7 Å². The van der Waals surface area contributed by atoms with E-state index in [1.807, 2.05) is 0 Å². The lowest BCUT2D eigenvalue weighted by molar-refractivity contribution is 0.248. The summed E-state index contributed by atoms with van der Waals surface area (Å²) in [5.41, 5.74) is 2.46. The third-order valence-corrected chi connectivity index (χ3v) is 3.34. The van der Waals surface area contributed by atoms with Crippen molar-refractivity contribution in [2.24, 2.45) is 5.92 Å². The van der Waals surface area contributed by atoms with Gasteiger partial charge in [-0.1, -0.05) is 54.4 Å². The number of rotatable bonds is 6. The molecule has 0 saturated carbocycles. The van der Waals surface area contributed by atoms with Gasteiger partial charge in [0.25, 0.3) is 0 Å². The fraction of sp³-hybridized carbons (Fsp3) is 0.571. The van der Waals surface area contributed by atoms with E-state index in [1.165, 1.54) is 24.0 Å². The first-order chi connectivity index (χ1) is 7.69. The van der Waals surface area contributed by atoms with Gasteiger partial charge in [-0.05, 0) is 24.8 Å². The minimum absolute atomic E-state index is 0.632. The number of aryl methyl sites for hydroxylation is 1. The summed E-state index contributed by atoms with van der Waals surface area (Å²) in [4.78, 5) is 0. The van der Waals surface area contributed by atoms with Crippen LogP contribution in [0.15, 0.2) is 18.2 Å². The van der Waals surface area contributed by atoms with Gasteiger partial charge in [-0.2, -0.15) is 0 Å². The molecule has 1 aromatic rings. The zero-order chi connectivity index (χ0) is 12.0. The number of hydrogen-bond donors (Lipinski definition) is 0. The molecule has 1 nitrogen and oxygen atoms in total. The first-order valence-corrected chi connectivity index (χ1v) is 7.08. The molecule has 90 valence electrons. The molecule has 16 heavy (non-hydrogen) atoms. The molecule has 1 rings (SSSR count). The number of halogens is 1. The highest BCUT2D eigenvalue weighted by Crippen LogP contribution is 2.26. The van der Waals surface area contributed by atoms with Crippen molar-refractivity contribution in [1.29, 1.82) is 0 Å². The largest absolute Gasteiger partial charge is 0.493 e. The van der Waals surface area contributed by atoms with Gasteiger partial charge in [0, 0.05) is 10.9 Å². The van der Waals surface area contributed by atoms with Crippen molar-refractivity contribution in [3.8, 4) is 5.75 Å². The summed E-state index contributed by atoms with van der Waals surface area (Å²) in [5.74, 6) is 1.69. The fourth-order valence-electron chi connectivity index (χ4n) is 1.83. The zero-order valence-electron chi connectivity index (χ0n) is 10.4. The molecule has 0 heterocycles. The van der Waals surface area contributed by atoms with Gasteiger partial charge in [0.05, 0.1) is 6.61 Å². The number of alkyl halides is 1. The van der Waals surface area contributed by atoms with Crippen LogP contribution in [0.4, 0.5) is 0 Å². The minimum Gasteiger partial charge on any atom is -0.493 e.